The molecule has 1 fully saturated rings. The topological polar surface area (TPSA) is 59.1 Å². The molecule has 0 bridgehead atoms. The highest BCUT2D eigenvalue weighted by atomic mass is 35.5. The summed E-state index contributed by atoms with van der Waals surface area (Å²) >= 11 is 13.9. The van der Waals surface area contributed by atoms with Gasteiger partial charge in [0.05, 0.1) is 17.1 Å². The van der Waals surface area contributed by atoms with Gasteiger partial charge in [-0.2, -0.15) is 0 Å². The molecule has 0 unspecified atom stereocenters. The van der Waals surface area contributed by atoms with E-state index in [0.717, 1.165) is 23.3 Å². The Morgan fingerprint density at radius 2 is 1.82 bits per heavy atom. The van der Waals surface area contributed by atoms with Crippen LogP contribution in [0.2, 0.25) is 10.0 Å². The largest absolute Gasteiger partial charge is 0.454 e. The second-order valence-corrected chi connectivity index (χ2v) is 10.2. The van der Waals surface area contributed by atoms with Gasteiger partial charge in [0.2, 0.25) is 12.7 Å². The number of rotatable bonds is 8. The number of fused-ring (bicyclic) bond motifs is 1. The Balaban J connectivity index is 1.36. The van der Waals surface area contributed by atoms with E-state index in [4.69, 9.17) is 32.7 Å². The van der Waals surface area contributed by atoms with Crippen LogP contribution in [0.4, 0.5) is 0 Å². The Morgan fingerprint density at radius 3 is 2.56 bits per heavy atom. The first kappa shape index (κ1) is 23.0. The zero-order valence-electron chi connectivity index (χ0n) is 18.2. The fourth-order valence-electron chi connectivity index (χ4n) is 3.90. The van der Waals surface area contributed by atoms with Crippen LogP contribution in [0, 0.1) is 0 Å². The van der Waals surface area contributed by atoms with Gasteiger partial charge in [-0.25, -0.2) is 0 Å². The Bertz CT molecular complexity index is 1210. The quantitative estimate of drug-likeness (QED) is 0.390. The summed E-state index contributed by atoms with van der Waals surface area (Å²) in [6.07, 6.45) is 1.74. The number of carbonyl (C=O) groups excluding carboxylic acids is 2. The number of amides is 2. The van der Waals surface area contributed by atoms with Gasteiger partial charge in [-0.05, 0) is 60.2 Å². The van der Waals surface area contributed by atoms with Crippen LogP contribution in [0.5, 0.6) is 11.5 Å². The van der Waals surface area contributed by atoms with Gasteiger partial charge < -0.3 is 19.3 Å². The Labute approximate surface area is 211 Å². The number of nitrogens with zero attached hydrogens (tertiary/aromatic N) is 2. The van der Waals surface area contributed by atoms with E-state index in [-0.39, 0.29) is 36.2 Å². The second-order valence-electron chi connectivity index (χ2n) is 8.31. The number of hydrogen-bond acceptors (Lipinski definition) is 5. The van der Waals surface area contributed by atoms with E-state index in [0.29, 0.717) is 35.2 Å². The number of benzene rings is 2. The van der Waals surface area contributed by atoms with E-state index in [1.54, 1.807) is 39.3 Å². The van der Waals surface area contributed by atoms with E-state index in [2.05, 4.69) is 0 Å². The van der Waals surface area contributed by atoms with Crippen LogP contribution in [0.15, 0.2) is 53.9 Å². The first-order valence-corrected chi connectivity index (χ1v) is 12.6. The van der Waals surface area contributed by atoms with Crippen molar-refractivity contribution in [2.24, 2.45) is 0 Å². The Morgan fingerprint density at radius 1 is 1.00 bits per heavy atom. The van der Waals surface area contributed by atoms with Gasteiger partial charge in [0, 0.05) is 22.5 Å². The fraction of sp³-hybridized carbons (Fsp3) is 0.280. The molecule has 0 spiro atoms. The summed E-state index contributed by atoms with van der Waals surface area (Å²) in [5, 5.41) is 2.73. The van der Waals surface area contributed by atoms with Gasteiger partial charge in [0.25, 0.3) is 5.91 Å². The van der Waals surface area contributed by atoms with Crippen molar-refractivity contribution in [3.05, 3.63) is 80.0 Å². The van der Waals surface area contributed by atoms with Crippen LogP contribution >= 0.6 is 34.5 Å². The molecule has 1 aliphatic heterocycles. The van der Waals surface area contributed by atoms with Crippen molar-refractivity contribution in [1.29, 1.82) is 0 Å². The predicted molar refractivity (Wildman–Crippen MR) is 132 cm³/mol. The van der Waals surface area contributed by atoms with Crippen molar-refractivity contribution >= 4 is 46.4 Å². The van der Waals surface area contributed by atoms with Crippen molar-refractivity contribution < 1.29 is 19.1 Å². The summed E-state index contributed by atoms with van der Waals surface area (Å²) < 4.78 is 10.9. The van der Waals surface area contributed by atoms with Gasteiger partial charge in [-0.15, -0.1) is 11.3 Å². The van der Waals surface area contributed by atoms with Gasteiger partial charge >= 0.3 is 0 Å². The predicted octanol–water partition coefficient (Wildman–Crippen LogP) is 5.62. The van der Waals surface area contributed by atoms with E-state index >= 15 is 0 Å². The molecule has 0 radical (unpaired) electrons. The van der Waals surface area contributed by atoms with Gasteiger partial charge in [-0.3, -0.25) is 9.59 Å². The van der Waals surface area contributed by atoms with Gasteiger partial charge in [0.15, 0.2) is 11.5 Å². The molecule has 0 N–H and O–H groups in total. The summed E-state index contributed by atoms with van der Waals surface area (Å²) in [6.45, 7) is 1.03. The lowest BCUT2D eigenvalue weighted by atomic mass is 10.1. The van der Waals surface area contributed by atoms with Crippen molar-refractivity contribution in [1.82, 2.24) is 9.80 Å². The molecular formula is C25H22Cl2N2O4S. The van der Waals surface area contributed by atoms with Crippen molar-refractivity contribution in [2.45, 2.75) is 32.0 Å². The van der Waals surface area contributed by atoms with Gasteiger partial charge in [0.1, 0.15) is 6.54 Å². The third-order valence-corrected chi connectivity index (χ3v) is 7.21. The standard InChI is InChI=1S/C25H22Cl2N2O4S/c26-17-4-7-20(21(27)11-17)25(31)29(18-5-6-18)14-24(30)28(13-19-2-1-9-34-19)12-16-3-8-22-23(10-16)33-15-32-22/h1-4,7-11,18H,5-6,12-15H2. The van der Waals surface area contributed by atoms with E-state index < -0.39 is 0 Å². The molecule has 6 nitrogen and oxygen atoms in total. The van der Waals surface area contributed by atoms with E-state index in [1.165, 1.54) is 0 Å². The summed E-state index contributed by atoms with van der Waals surface area (Å²) in [5.41, 5.74) is 1.28. The Kier molecular flexibility index (Phi) is 6.68. The minimum absolute atomic E-state index is 0.0155. The molecule has 1 saturated carbocycles. The first-order chi connectivity index (χ1) is 16.5. The minimum Gasteiger partial charge on any atom is -0.454 e. The number of ether oxygens (including phenoxy) is 2. The van der Waals surface area contributed by atoms with Crippen molar-refractivity contribution in [2.75, 3.05) is 13.3 Å². The molecule has 2 amide bonds. The SMILES string of the molecule is O=C(CN(C(=O)c1ccc(Cl)cc1Cl)C1CC1)N(Cc1ccc2c(c1)OCO2)Cc1cccs1. The Hall–Kier alpha value is -2.74. The maximum Gasteiger partial charge on any atom is 0.256 e. The van der Waals surface area contributed by atoms with E-state index in [9.17, 15) is 9.59 Å². The summed E-state index contributed by atoms with van der Waals surface area (Å²) in [7, 11) is 0. The molecule has 1 aliphatic carbocycles. The number of halogens is 2. The molecule has 176 valence electrons. The lowest BCUT2D eigenvalue weighted by Gasteiger charge is -2.28. The van der Waals surface area contributed by atoms with Crippen LogP contribution in [0.25, 0.3) is 0 Å². The average molecular weight is 517 g/mol. The third kappa shape index (κ3) is 5.17. The number of carbonyl (C=O) groups is 2. The highest BCUT2D eigenvalue weighted by Gasteiger charge is 2.36. The minimum atomic E-state index is -0.253. The molecule has 0 saturated heterocycles. The molecular weight excluding hydrogens is 495 g/mol. The molecule has 1 aromatic heterocycles. The van der Waals surface area contributed by atoms with Crippen LogP contribution in [-0.2, 0) is 17.9 Å². The first-order valence-electron chi connectivity index (χ1n) is 10.9. The zero-order valence-corrected chi connectivity index (χ0v) is 20.5. The molecule has 5 rings (SSSR count). The maximum absolute atomic E-state index is 13.6. The molecule has 2 aromatic carbocycles. The van der Waals surface area contributed by atoms with Crippen molar-refractivity contribution in [3.63, 3.8) is 0 Å². The molecule has 2 heterocycles. The number of thiophene rings is 1. The smallest absolute Gasteiger partial charge is 0.256 e. The zero-order chi connectivity index (χ0) is 23.7. The monoisotopic (exact) mass is 516 g/mol. The van der Waals surface area contributed by atoms with E-state index in [1.807, 2.05) is 35.7 Å². The molecule has 34 heavy (non-hydrogen) atoms. The second kappa shape index (κ2) is 9.86. The lowest BCUT2D eigenvalue weighted by Crippen LogP contribution is -2.43. The third-order valence-electron chi connectivity index (χ3n) is 5.81. The van der Waals surface area contributed by atoms with Crippen LogP contribution in [0.1, 0.15) is 33.6 Å². The highest BCUT2D eigenvalue weighted by molar-refractivity contribution is 7.09. The van der Waals surface area contributed by atoms with Crippen LogP contribution < -0.4 is 9.47 Å². The molecule has 9 heteroatoms. The lowest BCUT2D eigenvalue weighted by molar-refractivity contribution is -0.133. The summed E-state index contributed by atoms with van der Waals surface area (Å²) in [4.78, 5) is 31.4. The van der Waals surface area contributed by atoms with Crippen LogP contribution in [0.3, 0.4) is 0 Å². The summed E-state index contributed by atoms with van der Waals surface area (Å²) in [5.74, 6) is 0.992. The maximum atomic E-state index is 13.6. The number of hydrogen-bond donors (Lipinski definition) is 0. The van der Waals surface area contributed by atoms with Crippen molar-refractivity contribution in [3.8, 4) is 11.5 Å². The molecule has 3 aromatic rings. The highest BCUT2D eigenvalue weighted by Crippen LogP contribution is 2.34. The molecule has 2 aliphatic rings. The van der Waals surface area contributed by atoms with Crippen LogP contribution in [-0.4, -0.2) is 41.0 Å². The normalized spacial score (nSPS) is 14.2. The summed E-state index contributed by atoms with van der Waals surface area (Å²) in [6, 6.07) is 14.5. The molecule has 0 atom stereocenters. The fourth-order valence-corrected chi connectivity index (χ4v) is 5.11. The van der Waals surface area contributed by atoms with Gasteiger partial charge in [-0.1, -0.05) is 35.3 Å². The average Bonchev–Trinajstić information content (AvgIpc) is 3.31.